The van der Waals surface area contributed by atoms with E-state index in [0.717, 1.165) is 12.8 Å². The van der Waals surface area contributed by atoms with E-state index < -0.39 is 8.07 Å². The van der Waals surface area contributed by atoms with Gasteiger partial charge in [0.15, 0.2) is 0 Å². The van der Waals surface area contributed by atoms with Crippen LogP contribution in [0.25, 0.3) is 16.7 Å². The Bertz CT molecular complexity index is 1160. The molecule has 2 aromatic carbocycles. The van der Waals surface area contributed by atoms with Crippen LogP contribution >= 0.6 is 0 Å². The summed E-state index contributed by atoms with van der Waals surface area (Å²) in [6.45, 7) is 26.4. The summed E-state index contributed by atoms with van der Waals surface area (Å²) in [5.74, 6) is 0.504. The Kier molecular flexibility index (Phi) is 5.76. The van der Waals surface area contributed by atoms with E-state index in [2.05, 4.69) is 111 Å². The lowest BCUT2D eigenvalue weighted by atomic mass is 9.74. The number of fused-ring (bicyclic) bond motifs is 3. The quantitative estimate of drug-likeness (QED) is 0.344. The standard InChI is InChI=1S/C32H44Si/c1-20(2)29-27-17-21-12-14-23(31(3,4)5)18-25(21)26(27)19-28(32(6,7)8)30(29)22-13-15-24(16-22)33(9,10)11/h12,14-16,18-20H,13,17H2,1-11H3. The normalized spacial score (nSPS) is 16.1. The van der Waals surface area contributed by atoms with Crippen LogP contribution < -0.4 is 0 Å². The summed E-state index contributed by atoms with van der Waals surface area (Å²) in [6.07, 6.45) is 7.24. The molecule has 0 aliphatic heterocycles. The predicted octanol–water partition coefficient (Wildman–Crippen LogP) is 9.57. The van der Waals surface area contributed by atoms with Gasteiger partial charge in [-0.15, -0.1) is 0 Å². The molecule has 2 aliphatic carbocycles. The SMILES string of the molecule is CC(C)c1c2c(cc(C(C)(C)C)c1C1=CC([Si](C)(C)C)=CC1)-c1cc(C(C)(C)C)ccc1C2. The van der Waals surface area contributed by atoms with Gasteiger partial charge in [-0.2, -0.15) is 0 Å². The summed E-state index contributed by atoms with van der Waals surface area (Å²) in [7, 11) is -1.32. The zero-order valence-corrected chi connectivity index (χ0v) is 24.0. The third-order valence-corrected chi connectivity index (χ3v) is 9.64. The first-order valence-corrected chi connectivity index (χ1v) is 16.3. The Morgan fingerprint density at radius 2 is 1.52 bits per heavy atom. The van der Waals surface area contributed by atoms with Gasteiger partial charge < -0.3 is 0 Å². The van der Waals surface area contributed by atoms with E-state index in [1.54, 1.807) is 27.5 Å². The molecule has 33 heavy (non-hydrogen) atoms. The fraction of sp³-hybridized carbons (Fsp3) is 0.500. The molecule has 0 nitrogen and oxygen atoms in total. The molecule has 2 aromatic rings. The Morgan fingerprint density at radius 1 is 0.848 bits per heavy atom. The van der Waals surface area contributed by atoms with Gasteiger partial charge in [-0.25, -0.2) is 0 Å². The number of benzene rings is 2. The molecule has 0 aromatic heterocycles. The molecule has 176 valence electrons. The number of hydrogen-bond acceptors (Lipinski definition) is 0. The molecular weight excluding hydrogens is 412 g/mol. The van der Waals surface area contributed by atoms with Gasteiger partial charge in [-0.1, -0.05) is 111 Å². The fourth-order valence-corrected chi connectivity index (χ4v) is 6.93. The van der Waals surface area contributed by atoms with Crippen LogP contribution in [0.1, 0.15) is 101 Å². The molecular formula is C32H44Si. The third-order valence-electron chi connectivity index (χ3n) is 7.56. The molecule has 0 fully saturated rings. The van der Waals surface area contributed by atoms with E-state index in [1.165, 1.54) is 27.8 Å². The molecule has 0 N–H and O–H groups in total. The van der Waals surface area contributed by atoms with Gasteiger partial charge in [-0.3, -0.25) is 0 Å². The highest BCUT2D eigenvalue weighted by atomic mass is 28.3. The predicted molar refractivity (Wildman–Crippen MR) is 150 cm³/mol. The minimum absolute atomic E-state index is 0.0984. The van der Waals surface area contributed by atoms with Crippen molar-refractivity contribution in [3.8, 4) is 11.1 Å². The van der Waals surface area contributed by atoms with Crippen molar-refractivity contribution in [2.75, 3.05) is 0 Å². The molecule has 0 saturated carbocycles. The maximum absolute atomic E-state index is 2.57. The minimum Gasteiger partial charge on any atom is -0.0808 e. The van der Waals surface area contributed by atoms with Gasteiger partial charge in [0, 0.05) is 0 Å². The van der Waals surface area contributed by atoms with Crippen LogP contribution in [-0.2, 0) is 17.3 Å². The van der Waals surface area contributed by atoms with E-state index in [4.69, 9.17) is 0 Å². The zero-order valence-electron chi connectivity index (χ0n) is 23.0. The first-order chi connectivity index (χ1) is 15.1. The van der Waals surface area contributed by atoms with Gasteiger partial charge in [0.05, 0.1) is 8.07 Å². The van der Waals surface area contributed by atoms with Crippen molar-refractivity contribution in [1.29, 1.82) is 0 Å². The van der Waals surface area contributed by atoms with Crippen LogP contribution in [0.15, 0.2) is 41.6 Å². The minimum atomic E-state index is -1.32. The second-order valence-corrected chi connectivity index (χ2v) is 18.8. The van der Waals surface area contributed by atoms with Gasteiger partial charge in [0.2, 0.25) is 0 Å². The Balaban J connectivity index is 2.00. The van der Waals surface area contributed by atoms with Gasteiger partial charge in [-0.05, 0) is 85.7 Å². The first kappa shape index (κ1) is 24.3. The van der Waals surface area contributed by atoms with Crippen molar-refractivity contribution < 1.29 is 0 Å². The van der Waals surface area contributed by atoms with Crippen LogP contribution in [0, 0.1) is 0 Å². The average Bonchev–Trinajstić information content (AvgIpc) is 3.29. The third kappa shape index (κ3) is 4.34. The summed E-state index contributed by atoms with van der Waals surface area (Å²) in [5.41, 5.74) is 14.0. The van der Waals surface area contributed by atoms with Crippen molar-refractivity contribution in [3.63, 3.8) is 0 Å². The molecule has 0 heterocycles. The van der Waals surface area contributed by atoms with Crippen molar-refractivity contribution in [3.05, 3.63) is 75.0 Å². The summed E-state index contributed by atoms with van der Waals surface area (Å²) < 4.78 is 0. The molecule has 0 amide bonds. The highest BCUT2D eigenvalue weighted by Crippen LogP contribution is 2.49. The van der Waals surface area contributed by atoms with E-state index in [9.17, 15) is 0 Å². The van der Waals surface area contributed by atoms with Crippen LogP contribution in [-0.4, -0.2) is 8.07 Å². The van der Waals surface area contributed by atoms with Crippen molar-refractivity contribution in [1.82, 2.24) is 0 Å². The van der Waals surface area contributed by atoms with Gasteiger partial charge >= 0.3 is 0 Å². The lowest BCUT2D eigenvalue weighted by Gasteiger charge is -2.30. The molecule has 2 aliphatic rings. The molecule has 0 spiro atoms. The highest BCUT2D eigenvalue weighted by Gasteiger charge is 2.33. The lowest BCUT2D eigenvalue weighted by Crippen LogP contribution is -2.22. The van der Waals surface area contributed by atoms with E-state index in [0.29, 0.717) is 5.92 Å². The Hall–Kier alpha value is -1.86. The van der Waals surface area contributed by atoms with Crippen LogP contribution in [0.2, 0.25) is 19.6 Å². The van der Waals surface area contributed by atoms with Crippen molar-refractivity contribution >= 4 is 13.6 Å². The largest absolute Gasteiger partial charge is 0.0808 e. The van der Waals surface area contributed by atoms with Gasteiger partial charge in [0.25, 0.3) is 0 Å². The maximum atomic E-state index is 2.57. The van der Waals surface area contributed by atoms with Crippen LogP contribution in [0.4, 0.5) is 0 Å². The molecule has 1 heteroatoms. The summed E-state index contributed by atoms with van der Waals surface area (Å²) >= 11 is 0. The Morgan fingerprint density at radius 3 is 2.03 bits per heavy atom. The summed E-state index contributed by atoms with van der Waals surface area (Å²) in [6, 6.07) is 9.81. The van der Waals surface area contributed by atoms with Crippen LogP contribution in [0.3, 0.4) is 0 Å². The first-order valence-electron chi connectivity index (χ1n) is 12.8. The second-order valence-electron chi connectivity index (χ2n) is 13.7. The Labute approximate surface area is 204 Å². The number of rotatable bonds is 3. The monoisotopic (exact) mass is 456 g/mol. The van der Waals surface area contributed by atoms with E-state index in [1.807, 2.05) is 0 Å². The average molecular weight is 457 g/mol. The van der Waals surface area contributed by atoms with Crippen molar-refractivity contribution in [2.45, 2.75) is 105 Å². The van der Waals surface area contributed by atoms with Gasteiger partial charge in [0.1, 0.15) is 0 Å². The molecule has 0 unspecified atom stereocenters. The second kappa shape index (κ2) is 7.84. The summed E-state index contributed by atoms with van der Waals surface area (Å²) in [5, 5.41) is 1.62. The summed E-state index contributed by atoms with van der Waals surface area (Å²) in [4.78, 5) is 0. The molecule has 0 saturated heterocycles. The topological polar surface area (TPSA) is 0 Å². The lowest BCUT2D eigenvalue weighted by molar-refractivity contribution is 0.586. The van der Waals surface area contributed by atoms with Crippen LogP contribution in [0.5, 0.6) is 0 Å². The number of allylic oxidation sites excluding steroid dienone is 4. The smallest absolute Gasteiger partial charge is 0.0772 e. The highest BCUT2D eigenvalue weighted by molar-refractivity contribution is 6.84. The molecule has 0 radical (unpaired) electrons. The fourth-order valence-electron chi connectivity index (χ4n) is 5.61. The van der Waals surface area contributed by atoms with E-state index >= 15 is 0 Å². The van der Waals surface area contributed by atoms with E-state index in [-0.39, 0.29) is 10.8 Å². The molecule has 4 rings (SSSR count). The van der Waals surface area contributed by atoms with Crippen molar-refractivity contribution in [2.24, 2.45) is 0 Å². The maximum Gasteiger partial charge on any atom is 0.0772 e. The number of hydrogen-bond donors (Lipinski definition) is 0. The molecule has 0 atom stereocenters. The zero-order chi connectivity index (χ0) is 24.5. The molecule has 0 bridgehead atoms.